The van der Waals surface area contributed by atoms with Gasteiger partial charge in [-0.25, -0.2) is 14.2 Å². The maximum atomic E-state index is 13.9. The third-order valence-corrected chi connectivity index (χ3v) is 7.77. The van der Waals surface area contributed by atoms with E-state index in [4.69, 9.17) is 18.5 Å². The van der Waals surface area contributed by atoms with E-state index in [9.17, 15) is 24.3 Å². The molecule has 0 heterocycles. The van der Waals surface area contributed by atoms with Gasteiger partial charge in [-0.3, -0.25) is 10.1 Å². The third-order valence-electron chi connectivity index (χ3n) is 5.98. The number of nitro groups is 1. The summed E-state index contributed by atoms with van der Waals surface area (Å²) in [6, 6.07) is 30.1. The zero-order valence-corrected chi connectivity index (χ0v) is 23.8. The molecule has 0 bridgehead atoms. The molecule has 0 aliphatic carbocycles. The van der Waals surface area contributed by atoms with E-state index in [2.05, 4.69) is 5.32 Å². The summed E-state index contributed by atoms with van der Waals surface area (Å²) in [4.78, 5) is 36.2. The molecule has 1 unspecified atom stereocenters. The molecule has 0 aliphatic heterocycles. The van der Waals surface area contributed by atoms with Gasteiger partial charge in [-0.1, -0.05) is 66.7 Å². The van der Waals surface area contributed by atoms with Gasteiger partial charge in [0.2, 0.25) is 0 Å². The Balaban J connectivity index is 1.46. The molecule has 1 atom stereocenters. The largest absolute Gasteiger partial charge is 0.459 e. The van der Waals surface area contributed by atoms with Gasteiger partial charge in [-0.05, 0) is 53.9 Å². The number of amides is 1. The normalized spacial score (nSPS) is 11.5. The summed E-state index contributed by atoms with van der Waals surface area (Å²) in [5, 5.41) is 13.3. The maximum Gasteiger partial charge on any atom is 0.430 e. The number of carbonyl (C=O) groups is 2. The van der Waals surface area contributed by atoms with Gasteiger partial charge in [0, 0.05) is 12.1 Å². The Morgan fingerprint density at radius 2 is 1.21 bits per heavy atom. The molecule has 0 spiro atoms. The van der Waals surface area contributed by atoms with Crippen molar-refractivity contribution in [2.75, 3.05) is 6.16 Å². The second-order valence-electron chi connectivity index (χ2n) is 9.22. The molecule has 222 valence electrons. The average molecular weight is 605 g/mol. The number of para-hydroxylation sites is 2. The molecule has 0 aromatic heterocycles. The van der Waals surface area contributed by atoms with E-state index < -0.39 is 30.6 Å². The Morgan fingerprint density at radius 3 is 1.74 bits per heavy atom. The quantitative estimate of drug-likeness (QED) is 0.0722. The van der Waals surface area contributed by atoms with Gasteiger partial charge in [0.15, 0.2) is 0 Å². The first kappa shape index (κ1) is 30.8. The van der Waals surface area contributed by atoms with Crippen LogP contribution in [0.25, 0.3) is 0 Å². The molecule has 0 fully saturated rings. The van der Waals surface area contributed by atoms with Crippen LogP contribution in [0.5, 0.6) is 11.5 Å². The van der Waals surface area contributed by atoms with Crippen molar-refractivity contribution < 1.29 is 37.6 Å². The van der Waals surface area contributed by atoms with Crippen molar-refractivity contribution in [1.29, 1.82) is 0 Å². The SMILES string of the molecule is O=C(NC(CCP(=O)(Oc1ccccc1)Oc1ccccc1)C(=O)OCc1ccccc1)OCc1ccc([N+](=O)[O-])cc1. The third kappa shape index (κ3) is 10.0. The molecule has 1 N–H and O–H groups in total. The number of carbonyl (C=O) groups excluding carboxylic acids is 2. The Hall–Kier alpha value is -5.15. The summed E-state index contributed by atoms with van der Waals surface area (Å²) in [6.45, 7) is -0.253. The molecule has 4 aromatic carbocycles. The Labute approximate surface area is 248 Å². The number of nitrogens with one attached hydrogen (secondary N) is 1. The van der Waals surface area contributed by atoms with Crippen LogP contribution in [0.4, 0.5) is 10.5 Å². The Kier molecular flexibility index (Phi) is 10.9. The minimum absolute atomic E-state index is 0.0472. The molecular weight excluding hydrogens is 575 g/mol. The highest BCUT2D eigenvalue weighted by molar-refractivity contribution is 7.54. The summed E-state index contributed by atoms with van der Waals surface area (Å²) in [7, 11) is -3.91. The zero-order chi connectivity index (χ0) is 30.5. The number of benzene rings is 4. The highest BCUT2D eigenvalue weighted by atomic mass is 31.2. The highest BCUT2D eigenvalue weighted by Gasteiger charge is 2.33. The topological polar surface area (TPSA) is 143 Å². The van der Waals surface area contributed by atoms with E-state index in [1.165, 1.54) is 24.3 Å². The lowest BCUT2D eigenvalue weighted by atomic mass is 10.2. The van der Waals surface area contributed by atoms with Crippen LogP contribution in [0.15, 0.2) is 115 Å². The van der Waals surface area contributed by atoms with Gasteiger partial charge < -0.3 is 23.8 Å². The van der Waals surface area contributed by atoms with E-state index in [1.54, 1.807) is 84.9 Å². The number of esters is 1. The van der Waals surface area contributed by atoms with Gasteiger partial charge in [0.05, 0.1) is 11.1 Å². The van der Waals surface area contributed by atoms with Crippen LogP contribution >= 0.6 is 7.60 Å². The van der Waals surface area contributed by atoms with Crippen molar-refractivity contribution in [3.63, 3.8) is 0 Å². The number of non-ortho nitro benzene ring substituents is 1. The van der Waals surface area contributed by atoms with Crippen LogP contribution in [0.3, 0.4) is 0 Å². The number of nitro benzene ring substituents is 1. The Morgan fingerprint density at radius 1 is 0.721 bits per heavy atom. The molecule has 0 saturated heterocycles. The molecular formula is C31H29N2O9P. The lowest BCUT2D eigenvalue weighted by molar-refractivity contribution is -0.384. The van der Waals surface area contributed by atoms with Crippen LogP contribution in [0.2, 0.25) is 0 Å². The zero-order valence-electron chi connectivity index (χ0n) is 22.9. The van der Waals surface area contributed by atoms with Gasteiger partial charge >= 0.3 is 19.7 Å². The standard InChI is InChI=1S/C31H29N2O9P/c34-30(39-22-24-10-4-1-5-11-24)29(32-31(35)40-23-25-16-18-26(19-17-25)33(36)37)20-21-43(38,41-27-12-6-2-7-13-27)42-28-14-8-3-9-15-28/h1-19,29H,20-23H2,(H,32,35). The van der Waals surface area contributed by atoms with Crippen LogP contribution in [0, 0.1) is 10.1 Å². The lowest BCUT2D eigenvalue weighted by Crippen LogP contribution is -2.42. The van der Waals surface area contributed by atoms with Gasteiger partial charge in [-0.15, -0.1) is 0 Å². The predicted octanol–water partition coefficient (Wildman–Crippen LogP) is 6.67. The smallest absolute Gasteiger partial charge is 0.430 e. The summed E-state index contributed by atoms with van der Waals surface area (Å²) >= 11 is 0. The average Bonchev–Trinajstić information content (AvgIpc) is 3.02. The maximum absolute atomic E-state index is 13.9. The van der Waals surface area contributed by atoms with Crippen molar-refractivity contribution in [3.05, 3.63) is 137 Å². The highest BCUT2D eigenvalue weighted by Crippen LogP contribution is 2.49. The van der Waals surface area contributed by atoms with Gasteiger partial charge in [0.1, 0.15) is 30.8 Å². The second kappa shape index (κ2) is 15.2. The van der Waals surface area contributed by atoms with Crippen molar-refractivity contribution in [2.24, 2.45) is 0 Å². The monoisotopic (exact) mass is 604 g/mol. The van der Waals surface area contributed by atoms with Crippen LogP contribution < -0.4 is 14.4 Å². The number of hydrogen-bond donors (Lipinski definition) is 1. The fourth-order valence-electron chi connectivity index (χ4n) is 3.81. The van der Waals surface area contributed by atoms with E-state index >= 15 is 0 Å². The van der Waals surface area contributed by atoms with Crippen LogP contribution in [-0.4, -0.2) is 29.2 Å². The molecule has 43 heavy (non-hydrogen) atoms. The summed E-state index contributed by atoms with van der Waals surface area (Å²) in [5.41, 5.74) is 1.14. The van der Waals surface area contributed by atoms with E-state index in [0.717, 1.165) is 5.56 Å². The first-order valence-corrected chi connectivity index (χ1v) is 15.0. The lowest BCUT2D eigenvalue weighted by Gasteiger charge is -2.23. The first-order chi connectivity index (χ1) is 20.8. The predicted molar refractivity (Wildman–Crippen MR) is 158 cm³/mol. The molecule has 4 aromatic rings. The fraction of sp³-hybridized carbons (Fsp3) is 0.161. The number of hydrogen-bond acceptors (Lipinski definition) is 9. The van der Waals surface area contributed by atoms with Gasteiger partial charge in [0.25, 0.3) is 5.69 Å². The number of rotatable bonds is 14. The van der Waals surface area contributed by atoms with Crippen molar-refractivity contribution in [1.82, 2.24) is 5.32 Å². The van der Waals surface area contributed by atoms with Crippen LogP contribution in [0.1, 0.15) is 17.5 Å². The van der Waals surface area contributed by atoms with Crippen molar-refractivity contribution in [3.8, 4) is 11.5 Å². The second-order valence-corrected chi connectivity index (χ2v) is 11.3. The molecule has 12 heteroatoms. The molecule has 0 radical (unpaired) electrons. The minimum Gasteiger partial charge on any atom is -0.459 e. The molecule has 1 amide bonds. The van der Waals surface area contributed by atoms with Crippen LogP contribution in [-0.2, 0) is 32.0 Å². The number of alkyl carbamates (subject to hydrolysis) is 1. The summed E-state index contributed by atoms with van der Waals surface area (Å²) in [5.74, 6) is -0.164. The molecule has 0 saturated carbocycles. The number of ether oxygens (including phenoxy) is 2. The summed E-state index contributed by atoms with van der Waals surface area (Å²) < 4.78 is 36.2. The molecule has 11 nitrogen and oxygen atoms in total. The van der Waals surface area contributed by atoms with Crippen molar-refractivity contribution >= 4 is 25.3 Å². The fourth-order valence-corrected chi connectivity index (χ4v) is 5.49. The van der Waals surface area contributed by atoms with E-state index in [1.807, 2.05) is 6.07 Å². The Bertz CT molecular complexity index is 1490. The first-order valence-electron chi connectivity index (χ1n) is 13.3. The van der Waals surface area contributed by atoms with E-state index in [0.29, 0.717) is 17.1 Å². The van der Waals surface area contributed by atoms with Crippen molar-refractivity contribution in [2.45, 2.75) is 25.7 Å². The summed E-state index contributed by atoms with van der Waals surface area (Å²) in [6.07, 6.45) is -1.37. The van der Waals surface area contributed by atoms with Gasteiger partial charge in [-0.2, -0.15) is 0 Å². The molecule has 0 aliphatic rings. The molecule has 4 rings (SSSR count). The van der Waals surface area contributed by atoms with E-state index in [-0.39, 0.29) is 31.5 Å². The minimum atomic E-state index is -3.91. The number of nitrogens with zero attached hydrogens (tertiary/aromatic N) is 1.